The van der Waals surface area contributed by atoms with E-state index in [4.69, 9.17) is 16.3 Å². The molecule has 0 fully saturated rings. The second-order valence-electron chi connectivity index (χ2n) is 6.19. The highest BCUT2D eigenvalue weighted by Crippen LogP contribution is 2.45. The maximum atomic E-state index is 6.36. The quantitative estimate of drug-likeness (QED) is 0.808. The van der Waals surface area contributed by atoms with Gasteiger partial charge in [0.2, 0.25) is 0 Å². The van der Waals surface area contributed by atoms with Crippen molar-refractivity contribution in [1.82, 2.24) is 4.90 Å². The van der Waals surface area contributed by atoms with Crippen LogP contribution in [0, 0.1) is 0 Å². The molecule has 2 aromatic carbocycles. The average molecular weight is 316 g/mol. The van der Waals surface area contributed by atoms with Gasteiger partial charge in [-0.15, -0.1) is 0 Å². The highest BCUT2D eigenvalue weighted by molar-refractivity contribution is 6.30. The fraction of sp³-hybridized carbons (Fsp3) is 0.368. The van der Waals surface area contributed by atoms with Gasteiger partial charge < -0.3 is 9.64 Å². The van der Waals surface area contributed by atoms with E-state index < -0.39 is 0 Å². The van der Waals surface area contributed by atoms with Crippen molar-refractivity contribution >= 4 is 11.6 Å². The summed E-state index contributed by atoms with van der Waals surface area (Å²) in [6.45, 7) is 1.74. The highest BCUT2D eigenvalue weighted by atomic mass is 35.5. The molecular weight excluding hydrogens is 294 g/mol. The van der Waals surface area contributed by atoms with E-state index in [1.807, 2.05) is 12.1 Å². The number of hydrogen-bond donors (Lipinski definition) is 0. The molecule has 0 saturated heterocycles. The molecule has 2 nitrogen and oxygen atoms in total. The van der Waals surface area contributed by atoms with E-state index in [2.05, 4.69) is 55.4 Å². The molecule has 1 aliphatic rings. The van der Waals surface area contributed by atoms with Gasteiger partial charge >= 0.3 is 0 Å². The van der Waals surface area contributed by atoms with Gasteiger partial charge in [-0.05, 0) is 62.3 Å². The van der Waals surface area contributed by atoms with Crippen molar-refractivity contribution in [2.24, 2.45) is 0 Å². The lowest BCUT2D eigenvalue weighted by Gasteiger charge is -2.31. The number of ether oxygens (including phenoxy) is 1. The van der Waals surface area contributed by atoms with Crippen molar-refractivity contribution in [2.75, 3.05) is 20.6 Å². The molecule has 0 radical (unpaired) electrons. The molecule has 22 heavy (non-hydrogen) atoms. The Kier molecular flexibility index (Phi) is 4.53. The molecule has 0 N–H and O–H groups in total. The van der Waals surface area contributed by atoms with Crippen LogP contribution in [0.3, 0.4) is 0 Å². The Labute approximate surface area is 137 Å². The summed E-state index contributed by atoms with van der Waals surface area (Å²) in [5.74, 6) is 0. The third kappa shape index (κ3) is 2.91. The van der Waals surface area contributed by atoms with E-state index in [0.29, 0.717) is 6.61 Å². The van der Waals surface area contributed by atoms with Crippen LogP contribution in [0.2, 0.25) is 5.02 Å². The largest absolute Gasteiger partial charge is 0.361 e. The number of hydrogen-bond acceptors (Lipinski definition) is 2. The third-order valence-corrected chi connectivity index (χ3v) is 4.62. The molecule has 2 aromatic rings. The lowest BCUT2D eigenvalue weighted by Crippen LogP contribution is -2.28. The summed E-state index contributed by atoms with van der Waals surface area (Å²) in [7, 11) is 4.22. The summed E-state index contributed by atoms with van der Waals surface area (Å²) in [5, 5.41) is 0.762. The summed E-state index contributed by atoms with van der Waals surface area (Å²) in [5.41, 5.74) is 3.45. The Morgan fingerprint density at radius 1 is 1.09 bits per heavy atom. The summed E-state index contributed by atoms with van der Waals surface area (Å²) >= 11 is 6.06. The van der Waals surface area contributed by atoms with Crippen LogP contribution in [0.25, 0.3) is 0 Å². The molecule has 0 saturated carbocycles. The van der Waals surface area contributed by atoms with Gasteiger partial charge in [0.25, 0.3) is 0 Å². The van der Waals surface area contributed by atoms with Crippen LogP contribution in [0.1, 0.15) is 29.5 Å². The Morgan fingerprint density at radius 2 is 1.82 bits per heavy atom. The lowest BCUT2D eigenvalue weighted by atomic mass is 9.82. The SMILES string of the molecule is CN(C)CCCC1(c2ccc(Cl)cc2)OCc2ccccc21. The molecule has 1 unspecified atom stereocenters. The first-order valence-corrected chi connectivity index (χ1v) is 8.13. The van der Waals surface area contributed by atoms with Crippen LogP contribution in [-0.4, -0.2) is 25.5 Å². The topological polar surface area (TPSA) is 12.5 Å². The van der Waals surface area contributed by atoms with E-state index in [-0.39, 0.29) is 5.60 Å². The van der Waals surface area contributed by atoms with E-state index >= 15 is 0 Å². The molecule has 3 heteroatoms. The zero-order chi connectivity index (χ0) is 15.6. The minimum atomic E-state index is -0.336. The zero-order valence-electron chi connectivity index (χ0n) is 13.2. The van der Waals surface area contributed by atoms with E-state index in [9.17, 15) is 0 Å². The van der Waals surface area contributed by atoms with Gasteiger partial charge in [0.1, 0.15) is 5.60 Å². The smallest absolute Gasteiger partial charge is 0.119 e. The number of benzene rings is 2. The fourth-order valence-corrected chi connectivity index (χ4v) is 3.40. The molecule has 3 rings (SSSR count). The molecule has 116 valence electrons. The van der Waals surface area contributed by atoms with Gasteiger partial charge in [-0.1, -0.05) is 48.0 Å². The third-order valence-electron chi connectivity index (χ3n) is 4.37. The lowest BCUT2D eigenvalue weighted by molar-refractivity contribution is -0.0139. The number of nitrogens with zero attached hydrogens (tertiary/aromatic N) is 1. The van der Waals surface area contributed by atoms with Crippen LogP contribution in [0.15, 0.2) is 48.5 Å². The standard InChI is InChI=1S/C19H22ClNO/c1-21(2)13-5-12-19(16-8-10-17(20)11-9-16)18-7-4-3-6-15(18)14-22-19/h3-4,6-11H,5,12-14H2,1-2H3. The van der Waals surface area contributed by atoms with Crippen LogP contribution in [0.5, 0.6) is 0 Å². The molecule has 1 heterocycles. The van der Waals surface area contributed by atoms with Crippen molar-refractivity contribution in [3.8, 4) is 0 Å². The molecule has 0 amide bonds. The summed E-state index contributed by atoms with van der Waals surface area (Å²) in [4.78, 5) is 2.22. The Hall–Kier alpha value is -1.35. The molecular formula is C19H22ClNO. The molecule has 1 atom stereocenters. The van der Waals surface area contributed by atoms with Gasteiger partial charge in [0.15, 0.2) is 0 Å². The maximum Gasteiger partial charge on any atom is 0.119 e. The fourth-order valence-electron chi connectivity index (χ4n) is 3.27. The van der Waals surface area contributed by atoms with Gasteiger partial charge in [0, 0.05) is 5.02 Å². The van der Waals surface area contributed by atoms with Crippen LogP contribution < -0.4 is 0 Å². The van der Waals surface area contributed by atoms with Crippen molar-refractivity contribution in [2.45, 2.75) is 25.0 Å². The first-order valence-electron chi connectivity index (χ1n) is 7.75. The monoisotopic (exact) mass is 315 g/mol. The Bertz CT molecular complexity index is 638. The predicted molar refractivity (Wildman–Crippen MR) is 91.3 cm³/mol. The van der Waals surface area contributed by atoms with Crippen LogP contribution in [0.4, 0.5) is 0 Å². The van der Waals surface area contributed by atoms with Gasteiger partial charge in [-0.2, -0.15) is 0 Å². The number of rotatable bonds is 5. The average Bonchev–Trinajstić information content (AvgIpc) is 2.88. The van der Waals surface area contributed by atoms with Gasteiger partial charge in [0.05, 0.1) is 6.61 Å². The normalized spacial score (nSPS) is 20.4. The van der Waals surface area contributed by atoms with E-state index in [0.717, 1.165) is 24.4 Å². The minimum absolute atomic E-state index is 0.336. The minimum Gasteiger partial charge on any atom is -0.361 e. The van der Waals surface area contributed by atoms with Crippen LogP contribution >= 0.6 is 11.6 Å². The summed E-state index contributed by atoms with van der Waals surface area (Å²) in [6, 6.07) is 16.7. The van der Waals surface area contributed by atoms with Crippen molar-refractivity contribution < 1.29 is 4.74 Å². The number of fused-ring (bicyclic) bond motifs is 1. The van der Waals surface area contributed by atoms with Crippen LogP contribution in [-0.2, 0) is 16.9 Å². The number of halogens is 1. The van der Waals surface area contributed by atoms with Gasteiger partial charge in [-0.3, -0.25) is 0 Å². The van der Waals surface area contributed by atoms with E-state index in [1.54, 1.807) is 0 Å². The molecule has 0 aliphatic carbocycles. The van der Waals surface area contributed by atoms with Crippen molar-refractivity contribution in [1.29, 1.82) is 0 Å². The summed E-state index contributed by atoms with van der Waals surface area (Å²) < 4.78 is 6.36. The predicted octanol–water partition coefficient (Wildman–Crippen LogP) is 4.46. The maximum absolute atomic E-state index is 6.36. The van der Waals surface area contributed by atoms with Crippen molar-refractivity contribution in [3.63, 3.8) is 0 Å². The second-order valence-corrected chi connectivity index (χ2v) is 6.62. The first kappa shape index (κ1) is 15.5. The summed E-state index contributed by atoms with van der Waals surface area (Å²) in [6.07, 6.45) is 2.06. The van der Waals surface area contributed by atoms with Gasteiger partial charge in [-0.25, -0.2) is 0 Å². The first-order chi connectivity index (χ1) is 10.6. The molecule has 0 aromatic heterocycles. The Balaban J connectivity index is 1.98. The highest BCUT2D eigenvalue weighted by Gasteiger charge is 2.40. The molecule has 0 bridgehead atoms. The molecule has 0 spiro atoms. The van der Waals surface area contributed by atoms with E-state index in [1.165, 1.54) is 16.7 Å². The molecule has 1 aliphatic heterocycles. The zero-order valence-corrected chi connectivity index (χ0v) is 13.9. The second kappa shape index (κ2) is 6.41. The van der Waals surface area contributed by atoms with Crippen molar-refractivity contribution in [3.05, 3.63) is 70.2 Å². The Morgan fingerprint density at radius 3 is 2.55 bits per heavy atom.